The topological polar surface area (TPSA) is 27.1 Å². The molecular formula is C16H23ClN2OS. The lowest BCUT2D eigenvalue weighted by atomic mass is 10.2. The van der Waals surface area contributed by atoms with Crippen LogP contribution in [-0.2, 0) is 6.54 Å². The number of benzene rings is 1. The van der Waals surface area contributed by atoms with Crippen molar-refractivity contribution in [1.82, 2.24) is 9.55 Å². The number of halogens is 1. The molecule has 0 amide bonds. The first kappa shape index (κ1) is 16.5. The normalized spacial score (nSPS) is 12.8. The van der Waals surface area contributed by atoms with E-state index < -0.39 is 0 Å². The first-order chi connectivity index (χ1) is 10.2. The maximum absolute atomic E-state index is 6.31. The highest BCUT2D eigenvalue weighted by Gasteiger charge is 2.16. The average Bonchev–Trinajstić information content (AvgIpc) is 2.86. The van der Waals surface area contributed by atoms with Crippen LogP contribution >= 0.6 is 23.4 Å². The van der Waals surface area contributed by atoms with Gasteiger partial charge in [-0.2, -0.15) is 11.8 Å². The van der Waals surface area contributed by atoms with E-state index in [1.165, 1.54) is 18.6 Å². The smallest absolute Gasteiger partial charge is 0.146 e. The monoisotopic (exact) mass is 326 g/mol. The molecule has 5 heteroatoms. The van der Waals surface area contributed by atoms with Crippen LogP contribution in [0.25, 0.3) is 11.0 Å². The predicted octanol–water partition coefficient (Wildman–Crippen LogP) is 4.88. The standard InChI is InChI=1S/C16H23ClN2OS/c1-12(17)16-18-15-13(8-7-9-14(15)20-2)19(16)10-5-4-6-11-21-3/h7-9,12H,4-6,10-11H2,1-3H3. The lowest BCUT2D eigenvalue weighted by Crippen LogP contribution is -2.04. The van der Waals surface area contributed by atoms with Crippen molar-refractivity contribution in [2.24, 2.45) is 0 Å². The van der Waals surface area contributed by atoms with E-state index in [-0.39, 0.29) is 5.38 Å². The zero-order valence-electron chi connectivity index (χ0n) is 12.9. The molecule has 0 aliphatic rings. The minimum Gasteiger partial charge on any atom is -0.494 e. The fraction of sp³-hybridized carbons (Fsp3) is 0.562. The van der Waals surface area contributed by atoms with Gasteiger partial charge in [0.15, 0.2) is 0 Å². The molecule has 0 saturated carbocycles. The molecule has 2 aromatic rings. The third-order valence-electron chi connectivity index (χ3n) is 3.58. The van der Waals surface area contributed by atoms with Crippen LogP contribution < -0.4 is 4.74 Å². The molecule has 0 fully saturated rings. The summed E-state index contributed by atoms with van der Waals surface area (Å²) in [6, 6.07) is 6.05. The minimum atomic E-state index is -0.103. The van der Waals surface area contributed by atoms with Gasteiger partial charge in [0.1, 0.15) is 17.1 Å². The van der Waals surface area contributed by atoms with Gasteiger partial charge in [-0.1, -0.05) is 12.5 Å². The Labute approximate surface area is 136 Å². The van der Waals surface area contributed by atoms with Gasteiger partial charge >= 0.3 is 0 Å². The Bertz CT molecular complexity index is 583. The van der Waals surface area contributed by atoms with Crippen LogP contribution in [0.5, 0.6) is 5.75 Å². The Balaban J connectivity index is 2.25. The van der Waals surface area contributed by atoms with E-state index in [4.69, 9.17) is 21.3 Å². The zero-order chi connectivity index (χ0) is 15.2. The van der Waals surface area contributed by atoms with Gasteiger partial charge in [-0.15, -0.1) is 11.6 Å². The van der Waals surface area contributed by atoms with Crippen LogP contribution in [0, 0.1) is 0 Å². The molecule has 0 spiro atoms. The number of methoxy groups -OCH3 is 1. The van der Waals surface area contributed by atoms with E-state index in [0.717, 1.165) is 35.6 Å². The number of fused-ring (bicyclic) bond motifs is 1. The summed E-state index contributed by atoms with van der Waals surface area (Å²) in [6.07, 6.45) is 5.81. The van der Waals surface area contributed by atoms with Gasteiger partial charge in [-0.3, -0.25) is 0 Å². The molecule has 1 unspecified atom stereocenters. The maximum Gasteiger partial charge on any atom is 0.146 e. The van der Waals surface area contributed by atoms with Crippen molar-refractivity contribution in [3.8, 4) is 5.75 Å². The molecule has 116 valence electrons. The van der Waals surface area contributed by atoms with Crippen molar-refractivity contribution >= 4 is 34.4 Å². The Kier molecular flexibility index (Phi) is 6.24. The Hall–Kier alpha value is -0.870. The third-order valence-corrected chi connectivity index (χ3v) is 4.47. The van der Waals surface area contributed by atoms with Gasteiger partial charge < -0.3 is 9.30 Å². The summed E-state index contributed by atoms with van der Waals surface area (Å²) in [5.74, 6) is 2.98. The molecule has 0 N–H and O–H groups in total. The Morgan fingerprint density at radius 2 is 2.14 bits per heavy atom. The Morgan fingerprint density at radius 3 is 2.81 bits per heavy atom. The first-order valence-electron chi connectivity index (χ1n) is 7.35. The summed E-state index contributed by atoms with van der Waals surface area (Å²) >= 11 is 8.22. The van der Waals surface area contributed by atoms with Crippen LogP contribution in [0.3, 0.4) is 0 Å². The number of aryl methyl sites for hydroxylation is 1. The molecule has 21 heavy (non-hydrogen) atoms. The van der Waals surface area contributed by atoms with Crippen LogP contribution in [0.4, 0.5) is 0 Å². The maximum atomic E-state index is 6.31. The van der Waals surface area contributed by atoms with Crippen molar-refractivity contribution in [3.05, 3.63) is 24.0 Å². The molecule has 1 heterocycles. The molecule has 2 rings (SSSR count). The molecule has 0 radical (unpaired) electrons. The molecule has 1 aromatic carbocycles. The summed E-state index contributed by atoms with van der Waals surface area (Å²) < 4.78 is 7.66. The van der Waals surface area contributed by atoms with Gasteiger partial charge in [0, 0.05) is 6.54 Å². The lowest BCUT2D eigenvalue weighted by molar-refractivity contribution is 0.419. The second-order valence-electron chi connectivity index (χ2n) is 5.12. The molecule has 1 aromatic heterocycles. The highest BCUT2D eigenvalue weighted by molar-refractivity contribution is 7.98. The second kappa shape index (κ2) is 7.95. The van der Waals surface area contributed by atoms with E-state index in [0.29, 0.717) is 0 Å². The largest absolute Gasteiger partial charge is 0.494 e. The highest BCUT2D eigenvalue weighted by atomic mass is 35.5. The summed E-state index contributed by atoms with van der Waals surface area (Å²) in [5.41, 5.74) is 2.02. The summed E-state index contributed by atoms with van der Waals surface area (Å²) in [5, 5.41) is -0.103. The van der Waals surface area contributed by atoms with Gasteiger partial charge in [-0.25, -0.2) is 4.98 Å². The number of thioether (sulfide) groups is 1. The minimum absolute atomic E-state index is 0.103. The van der Waals surface area contributed by atoms with Gasteiger partial charge in [0.25, 0.3) is 0 Å². The third kappa shape index (κ3) is 3.86. The van der Waals surface area contributed by atoms with E-state index in [1.807, 2.05) is 30.8 Å². The number of nitrogens with zero attached hydrogens (tertiary/aromatic N) is 2. The van der Waals surface area contributed by atoms with Crippen LogP contribution in [0.2, 0.25) is 0 Å². The predicted molar refractivity (Wildman–Crippen MR) is 92.8 cm³/mol. The fourth-order valence-corrected chi connectivity index (χ4v) is 3.20. The van der Waals surface area contributed by atoms with Crippen molar-refractivity contribution < 1.29 is 4.74 Å². The number of imidazole rings is 1. The molecule has 3 nitrogen and oxygen atoms in total. The number of hydrogen-bond acceptors (Lipinski definition) is 3. The molecule has 0 aliphatic carbocycles. The van der Waals surface area contributed by atoms with Gasteiger partial charge in [-0.05, 0) is 43.9 Å². The molecule has 0 aliphatic heterocycles. The number of rotatable bonds is 8. The van der Waals surface area contributed by atoms with Crippen molar-refractivity contribution in [2.45, 2.75) is 38.1 Å². The van der Waals surface area contributed by atoms with E-state index >= 15 is 0 Å². The summed E-state index contributed by atoms with van der Waals surface area (Å²) in [4.78, 5) is 4.70. The number of para-hydroxylation sites is 1. The summed E-state index contributed by atoms with van der Waals surface area (Å²) in [6.45, 7) is 2.93. The van der Waals surface area contributed by atoms with Crippen molar-refractivity contribution in [1.29, 1.82) is 0 Å². The number of hydrogen-bond donors (Lipinski definition) is 0. The second-order valence-corrected chi connectivity index (χ2v) is 6.76. The Morgan fingerprint density at radius 1 is 1.33 bits per heavy atom. The van der Waals surface area contributed by atoms with Crippen LogP contribution in [0.1, 0.15) is 37.4 Å². The van der Waals surface area contributed by atoms with Gasteiger partial charge in [0.05, 0.1) is 18.0 Å². The number of alkyl halides is 1. The van der Waals surface area contributed by atoms with Gasteiger partial charge in [0.2, 0.25) is 0 Å². The number of aromatic nitrogens is 2. The highest BCUT2D eigenvalue weighted by Crippen LogP contribution is 2.30. The lowest BCUT2D eigenvalue weighted by Gasteiger charge is -2.10. The van der Waals surface area contributed by atoms with Crippen LogP contribution in [0.15, 0.2) is 18.2 Å². The molecule has 1 atom stereocenters. The molecule has 0 saturated heterocycles. The average molecular weight is 327 g/mol. The molecule has 0 bridgehead atoms. The quantitative estimate of drug-likeness (QED) is 0.511. The SMILES string of the molecule is COc1cccc2c1nc(C(C)Cl)n2CCCCCSC. The van der Waals surface area contributed by atoms with E-state index in [9.17, 15) is 0 Å². The fourth-order valence-electron chi connectivity index (χ4n) is 2.54. The van der Waals surface area contributed by atoms with Crippen molar-refractivity contribution in [2.75, 3.05) is 19.1 Å². The number of unbranched alkanes of at least 4 members (excludes halogenated alkanes) is 2. The zero-order valence-corrected chi connectivity index (χ0v) is 14.5. The van der Waals surface area contributed by atoms with E-state index in [2.05, 4.69) is 16.9 Å². The summed E-state index contributed by atoms with van der Waals surface area (Å²) in [7, 11) is 1.68. The first-order valence-corrected chi connectivity index (χ1v) is 9.18. The van der Waals surface area contributed by atoms with E-state index in [1.54, 1.807) is 7.11 Å². The van der Waals surface area contributed by atoms with Crippen LogP contribution in [-0.4, -0.2) is 28.7 Å². The molecular weight excluding hydrogens is 304 g/mol. The van der Waals surface area contributed by atoms with Crippen molar-refractivity contribution in [3.63, 3.8) is 0 Å². The number of ether oxygens (including phenoxy) is 1.